The van der Waals surface area contributed by atoms with E-state index in [2.05, 4.69) is 40.2 Å². The molecule has 0 saturated heterocycles. The fourth-order valence-corrected chi connectivity index (χ4v) is 2.64. The summed E-state index contributed by atoms with van der Waals surface area (Å²) >= 11 is 3.44. The molecule has 2 rings (SSSR count). The molecule has 19 heavy (non-hydrogen) atoms. The minimum Gasteiger partial charge on any atom is -0.344 e. The monoisotopic (exact) mass is 346 g/mol. The molecule has 1 amide bonds. The molecule has 0 unspecified atom stereocenters. The fourth-order valence-electron chi connectivity index (χ4n) is 2.37. The normalized spacial score (nSPS) is 17.3. The summed E-state index contributed by atoms with van der Waals surface area (Å²) in [6, 6.07) is 7.98. The number of nitrogens with two attached hydrogens (primary N) is 1. The topological polar surface area (TPSA) is 46.3 Å². The fraction of sp³-hybridized carbons (Fsp3) is 0.500. The van der Waals surface area contributed by atoms with Crippen LogP contribution in [0.1, 0.15) is 25.3 Å². The van der Waals surface area contributed by atoms with Crippen molar-refractivity contribution in [3.63, 3.8) is 0 Å². The van der Waals surface area contributed by atoms with Gasteiger partial charge in [0, 0.05) is 23.5 Å². The zero-order valence-corrected chi connectivity index (χ0v) is 13.6. The highest BCUT2D eigenvalue weighted by molar-refractivity contribution is 9.10. The van der Waals surface area contributed by atoms with E-state index in [-0.39, 0.29) is 23.7 Å². The molecule has 0 aliphatic heterocycles. The molecule has 1 fully saturated rings. The van der Waals surface area contributed by atoms with Gasteiger partial charge in [0.2, 0.25) is 5.91 Å². The van der Waals surface area contributed by atoms with Crippen LogP contribution in [0.3, 0.4) is 0 Å². The number of hydrogen-bond acceptors (Lipinski definition) is 2. The van der Waals surface area contributed by atoms with E-state index in [0.29, 0.717) is 0 Å². The van der Waals surface area contributed by atoms with Gasteiger partial charge in [-0.25, -0.2) is 0 Å². The molecule has 2 N–H and O–H groups in total. The SMILES string of the molecule is C[C@H](N)C(=O)N(C)CC1(c2ccc(Br)cc2)CC1.Cl. The van der Waals surface area contributed by atoms with E-state index in [9.17, 15) is 4.79 Å². The number of halogens is 2. The van der Waals surface area contributed by atoms with Gasteiger partial charge >= 0.3 is 0 Å². The van der Waals surface area contributed by atoms with Crippen LogP contribution in [0.4, 0.5) is 0 Å². The Hall–Kier alpha value is -0.580. The third-order valence-electron chi connectivity index (χ3n) is 3.62. The lowest BCUT2D eigenvalue weighted by Crippen LogP contribution is -2.43. The van der Waals surface area contributed by atoms with Crippen molar-refractivity contribution in [3.05, 3.63) is 34.3 Å². The maximum absolute atomic E-state index is 11.8. The largest absolute Gasteiger partial charge is 0.344 e. The summed E-state index contributed by atoms with van der Waals surface area (Å²) in [6.07, 6.45) is 2.29. The van der Waals surface area contributed by atoms with E-state index in [1.54, 1.807) is 11.8 Å². The lowest BCUT2D eigenvalue weighted by Gasteiger charge is -2.25. The second-order valence-electron chi connectivity index (χ2n) is 5.27. The standard InChI is InChI=1S/C14H19BrN2O.ClH/c1-10(16)13(18)17(2)9-14(7-8-14)11-3-5-12(15)6-4-11;/h3-6,10H,7-9,16H2,1-2H3;1H/t10-;/m0./s1. The average Bonchev–Trinajstić information content (AvgIpc) is 3.09. The summed E-state index contributed by atoms with van der Waals surface area (Å²) in [5.41, 5.74) is 7.10. The molecule has 0 spiro atoms. The molecule has 1 aliphatic rings. The van der Waals surface area contributed by atoms with Crippen LogP contribution in [0.25, 0.3) is 0 Å². The summed E-state index contributed by atoms with van der Waals surface area (Å²) < 4.78 is 1.09. The van der Waals surface area contributed by atoms with E-state index in [4.69, 9.17) is 5.73 Å². The molecule has 3 nitrogen and oxygen atoms in total. The van der Waals surface area contributed by atoms with E-state index in [1.807, 2.05) is 7.05 Å². The maximum Gasteiger partial charge on any atom is 0.238 e. The number of hydrogen-bond donors (Lipinski definition) is 1. The first-order valence-electron chi connectivity index (χ1n) is 6.21. The molecule has 1 aliphatic carbocycles. The molecule has 0 radical (unpaired) electrons. The number of nitrogens with zero attached hydrogens (tertiary/aromatic N) is 1. The minimum atomic E-state index is -0.421. The maximum atomic E-state index is 11.8. The molecule has 106 valence electrons. The number of likely N-dealkylation sites (N-methyl/N-ethyl adjacent to an activating group) is 1. The van der Waals surface area contributed by atoms with Gasteiger partial charge in [0.15, 0.2) is 0 Å². The van der Waals surface area contributed by atoms with E-state index < -0.39 is 6.04 Å². The van der Waals surface area contributed by atoms with Gasteiger partial charge in [-0.2, -0.15) is 0 Å². The third kappa shape index (κ3) is 3.71. The van der Waals surface area contributed by atoms with Crippen molar-refractivity contribution in [2.75, 3.05) is 13.6 Å². The first kappa shape index (κ1) is 16.5. The zero-order chi connectivity index (χ0) is 13.3. The summed E-state index contributed by atoms with van der Waals surface area (Å²) in [5, 5.41) is 0. The molecule has 1 aromatic carbocycles. The van der Waals surface area contributed by atoms with Crippen LogP contribution in [-0.2, 0) is 10.2 Å². The highest BCUT2D eigenvalue weighted by Crippen LogP contribution is 2.48. The molecule has 1 aromatic rings. The minimum absolute atomic E-state index is 0. The molecule has 1 atom stereocenters. The quantitative estimate of drug-likeness (QED) is 0.910. The highest BCUT2D eigenvalue weighted by atomic mass is 79.9. The molecule has 0 bridgehead atoms. The molecule has 0 aromatic heterocycles. The van der Waals surface area contributed by atoms with Crippen molar-refractivity contribution in [1.82, 2.24) is 4.90 Å². The van der Waals surface area contributed by atoms with Crippen LogP contribution < -0.4 is 5.73 Å². The zero-order valence-electron chi connectivity index (χ0n) is 11.2. The van der Waals surface area contributed by atoms with Gasteiger partial charge in [0.25, 0.3) is 0 Å². The van der Waals surface area contributed by atoms with Crippen LogP contribution in [0, 0.1) is 0 Å². The number of carbonyl (C=O) groups is 1. The Kier molecular flexibility index (Phi) is 5.42. The van der Waals surface area contributed by atoms with Crippen LogP contribution in [0.2, 0.25) is 0 Å². The van der Waals surface area contributed by atoms with Gasteiger partial charge in [0.1, 0.15) is 0 Å². The van der Waals surface area contributed by atoms with Crippen molar-refractivity contribution >= 4 is 34.2 Å². The van der Waals surface area contributed by atoms with Gasteiger partial charge in [-0.15, -0.1) is 12.4 Å². The molecule has 5 heteroatoms. The average molecular weight is 348 g/mol. The predicted molar refractivity (Wildman–Crippen MR) is 83.6 cm³/mol. The van der Waals surface area contributed by atoms with Crippen molar-refractivity contribution in [2.45, 2.75) is 31.2 Å². The van der Waals surface area contributed by atoms with Crippen molar-refractivity contribution in [1.29, 1.82) is 0 Å². The van der Waals surface area contributed by atoms with Crippen LogP contribution in [-0.4, -0.2) is 30.4 Å². The van der Waals surface area contributed by atoms with E-state index in [1.165, 1.54) is 5.56 Å². The van der Waals surface area contributed by atoms with E-state index >= 15 is 0 Å². The summed E-state index contributed by atoms with van der Waals surface area (Å²) in [4.78, 5) is 13.6. The molecular weight excluding hydrogens is 328 g/mol. The van der Waals surface area contributed by atoms with Crippen molar-refractivity contribution in [2.24, 2.45) is 5.73 Å². The highest BCUT2D eigenvalue weighted by Gasteiger charge is 2.45. The van der Waals surface area contributed by atoms with E-state index in [0.717, 1.165) is 23.9 Å². The number of rotatable bonds is 4. The Labute approximate surface area is 129 Å². The Balaban J connectivity index is 0.00000180. The second kappa shape index (κ2) is 6.25. The third-order valence-corrected chi connectivity index (χ3v) is 4.14. The Morgan fingerprint density at radius 3 is 2.37 bits per heavy atom. The Bertz CT molecular complexity index is 443. The Morgan fingerprint density at radius 2 is 1.95 bits per heavy atom. The first-order valence-corrected chi connectivity index (χ1v) is 7.00. The lowest BCUT2D eigenvalue weighted by molar-refractivity contribution is -0.131. The second-order valence-corrected chi connectivity index (χ2v) is 6.19. The van der Waals surface area contributed by atoms with Gasteiger partial charge in [-0.3, -0.25) is 4.79 Å². The number of amides is 1. The predicted octanol–water partition coefficient (Wildman–Crippen LogP) is 2.71. The van der Waals surface area contributed by atoms with Crippen molar-refractivity contribution in [3.8, 4) is 0 Å². The van der Waals surface area contributed by atoms with Crippen LogP contribution >= 0.6 is 28.3 Å². The summed E-state index contributed by atoms with van der Waals surface area (Å²) in [7, 11) is 1.84. The first-order chi connectivity index (χ1) is 8.44. The van der Waals surface area contributed by atoms with Gasteiger partial charge in [-0.05, 0) is 37.5 Å². The van der Waals surface area contributed by atoms with Gasteiger partial charge in [0.05, 0.1) is 6.04 Å². The van der Waals surface area contributed by atoms with Crippen LogP contribution in [0.15, 0.2) is 28.7 Å². The van der Waals surface area contributed by atoms with Gasteiger partial charge in [-0.1, -0.05) is 28.1 Å². The number of carbonyl (C=O) groups excluding carboxylic acids is 1. The smallest absolute Gasteiger partial charge is 0.238 e. The summed E-state index contributed by atoms with van der Waals surface area (Å²) in [5.74, 6) is 0.0124. The lowest BCUT2D eigenvalue weighted by atomic mass is 9.95. The number of benzene rings is 1. The summed E-state index contributed by atoms with van der Waals surface area (Å²) in [6.45, 7) is 2.49. The molecule has 0 heterocycles. The van der Waals surface area contributed by atoms with Gasteiger partial charge < -0.3 is 10.6 Å². The molecular formula is C14H20BrClN2O. The Morgan fingerprint density at radius 1 is 1.42 bits per heavy atom. The van der Waals surface area contributed by atoms with Crippen LogP contribution in [0.5, 0.6) is 0 Å². The van der Waals surface area contributed by atoms with Crippen molar-refractivity contribution < 1.29 is 4.79 Å². The molecule has 1 saturated carbocycles.